The zero-order valence-corrected chi connectivity index (χ0v) is 28.9. The predicted molar refractivity (Wildman–Crippen MR) is 187 cm³/mol. The molecule has 3 aliphatic rings. The van der Waals surface area contributed by atoms with E-state index in [4.69, 9.17) is 37.6 Å². The van der Waals surface area contributed by atoms with Gasteiger partial charge in [0, 0.05) is 49.4 Å². The van der Waals surface area contributed by atoms with E-state index in [-0.39, 0.29) is 37.8 Å². The fourth-order valence-corrected chi connectivity index (χ4v) is 7.21. The molecule has 2 fully saturated rings. The van der Waals surface area contributed by atoms with E-state index in [0.29, 0.717) is 50.0 Å². The monoisotopic (exact) mass is 689 g/mol. The molecule has 4 heterocycles. The summed E-state index contributed by atoms with van der Waals surface area (Å²) in [6, 6.07) is 11.4. The van der Waals surface area contributed by atoms with Gasteiger partial charge in [-0.15, -0.1) is 0 Å². The van der Waals surface area contributed by atoms with Crippen LogP contribution in [0.5, 0.6) is 6.01 Å². The maximum Gasteiger partial charge on any atom is 0.410 e. The van der Waals surface area contributed by atoms with Crippen molar-refractivity contribution in [2.75, 3.05) is 55.7 Å². The number of nitrogens with zero attached hydrogens (tertiary/aromatic N) is 7. The average molecular weight is 690 g/mol. The van der Waals surface area contributed by atoms with Crippen molar-refractivity contribution in [3.8, 4) is 6.01 Å². The van der Waals surface area contributed by atoms with Crippen molar-refractivity contribution in [1.82, 2.24) is 19.8 Å². The summed E-state index contributed by atoms with van der Waals surface area (Å²) in [7, 11) is 0. The van der Waals surface area contributed by atoms with Crippen LogP contribution in [0.2, 0.25) is 5.02 Å². The van der Waals surface area contributed by atoms with Crippen molar-refractivity contribution in [2.24, 2.45) is 0 Å². The van der Waals surface area contributed by atoms with Crippen LogP contribution in [0.1, 0.15) is 44.9 Å². The van der Waals surface area contributed by atoms with E-state index in [1.54, 1.807) is 4.90 Å². The lowest BCUT2D eigenvalue weighted by molar-refractivity contribution is -0.131. The highest BCUT2D eigenvalue weighted by atomic mass is 35.5. The van der Waals surface area contributed by atoms with E-state index in [2.05, 4.69) is 22.4 Å². The third-order valence-electron chi connectivity index (χ3n) is 9.18. The molecule has 1 aromatic heterocycles. The molecule has 258 valence electrons. The van der Waals surface area contributed by atoms with Gasteiger partial charge in [0.05, 0.1) is 23.3 Å². The number of ether oxygens (including phenoxy) is 2. The number of halogens is 2. The highest BCUT2D eigenvalue weighted by molar-refractivity contribution is 6.36. The van der Waals surface area contributed by atoms with Crippen LogP contribution >= 0.6 is 11.6 Å². The molecule has 6 rings (SSSR count). The van der Waals surface area contributed by atoms with Gasteiger partial charge in [-0.1, -0.05) is 42.4 Å². The number of amides is 2. The highest BCUT2D eigenvalue weighted by Crippen LogP contribution is 2.37. The van der Waals surface area contributed by atoms with Gasteiger partial charge in [-0.05, 0) is 57.6 Å². The van der Waals surface area contributed by atoms with Crippen molar-refractivity contribution >= 4 is 45.9 Å². The summed E-state index contributed by atoms with van der Waals surface area (Å²) in [4.78, 5) is 46.3. The Morgan fingerprint density at radius 1 is 1.06 bits per heavy atom. The number of hydrogen-bond acceptors (Lipinski definition) is 8. The van der Waals surface area contributed by atoms with Crippen LogP contribution in [-0.4, -0.2) is 95.3 Å². The van der Waals surface area contributed by atoms with Gasteiger partial charge in [-0.25, -0.2) is 15.8 Å². The average Bonchev–Trinajstić information content (AvgIpc) is 3.55. The summed E-state index contributed by atoms with van der Waals surface area (Å²) in [5, 5.41) is 2.69. The molecule has 2 aromatic carbocycles. The largest absolute Gasteiger partial charge is 0.461 e. The van der Waals surface area contributed by atoms with Crippen LogP contribution in [0.4, 0.5) is 20.7 Å². The van der Waals surface area contributed by atoms with Gasteiger partial charge in [-0.2, -0.15) is 9.97 Å². The summed E-state index contributed by atoms with van der Waals surface area (Å²) in [6.07, 6.45) is 1.86. The van der Waals surface area contributed by atoms with Crippen LogP contribution in [0, 0.1) is 6.57 Å². The molecule has 2 saturated heterocycles. The number of aromatic nitrogens is 2. The molecule has 13 heteroatoms. The Balaban J connectivity index is 1.32. The number of piperazine rings is 1. The second-order valence-corrected chi connectivity index (χ2v) is 14.1. The number of likely N-dealkylation sites (tertiary alicyclic amines) is 1. The van der Waals surface area contributed by atoms with E-state index in [9.17, 15) is 14.0 Å². The minimum atomic E-state index is -1.04. The molecule has 2 atom stereocenters. The van der Waals surface area contributed by atoms with Gasteiger partial charge in [0.15, 0.2) is 5.83 Å². The molecule has 0 spiro atoms. The van der Waals surface area contributed by atoms with Gasteiger partial charge in [0.2, 0.25) is 6.54 Å². The minimum absolute atomic E-state index is 0.0178. The minimum Gasteiger partial charge on any atom is -0.461 e. The van der Waals surface area contributed by atoms with Gasteiger partial charge < -0.3 is 33.9 Å². The molecule has 0 radical (unpaired) electrons. The molecule has 3 aliphatic heterocycles. The van der Waals surface area contributed by atoms with Gasteiger partial charge in [0.1, 0.15) is 24.1 Å². The van der Waals surface area contributed by atoms with Gasteiger partial charge in [-0.3, -0.25) is 4.79 Å². The molecule has 0 saturated carbocycles. The number of carbonyl (C=O) groups is 2. The lowest BCUT2D eigenvalue weighted by Crippen LogP contribution is -2.57. The van der Waals surface area contributed by atoms with Crippen molar-refractivity contribution < 1.29 is 23.5 Å². The first-order valence-corrected chi connectivity index (χ1v) is 17.0. The normalized spacial score (nSPS) is 19.4. The van der Waals surface area contributed by atoms with Crippen molar-refractivity contribution in [1.29, 1.82) is 0 Å². The van der Waals surface area contributed by atoms with E-state index < -0.39 is 23.4 Å². The number of anilines is 2. The quantitative estimate of drug-likeness (QED) is 0.219. The molecular formula is C36H41ClFN7O4. The molecule has 0 unspecified atom stereocenters. The lowest BCUT2D eigenvalue weighted by atomic mass is 10.0. The summed E-state index contributed by atoms with van der Waals surface area (Å²) < 4.78 is 25.8. The van der Waals surface area contributed by atoms with Gasteiger partial charge in [0.25, 0.3) is 5.91 Å². The predicted octanol–water partition coefficient (Wildman–Crippen LogP) is 6.04. The topological polar surface area (TPSA) is 95.7 Å². The Hall–Kier alpha value is -4.63. The van der Waals surface area contributed by atoms with E-state index in [1.807, 2.05) is 56.0 Å². The van der Waals surface area contributed by atoms with Crippen molar-refractivity contribution in [3.63, 3.8) is 0 Å². The maximum atomic E-state index is 13.9. The Labute approximate surface area is 291 Å². The Kier molecular flexibility index (Phi) is 9.84. The fraction of sp³-hybridized carbons (Fsp3) is 0.472. The number of rotatable bonds is 7. The molecule has 0 N–H and O–H groups in total. The summed E-state index contributed by atoms with van der Waals surface area (Å²) in [5.74, 6) is -1.16. The fourth-order valence-electron chi connectivity index (χ4n) is 6.93. The van der Waals surface area contributed by atoms with Crippen LogP contribution < -0.4 is 14.5 Å². The zero-order chi connectivity index (χ0) is 34.9. The molecule has 0 bridgehead atoms. The summed E-state index contributed by atoms with van der Waals surface area (Å²) >= 11 is 6.71. The van der Waals surface area contributed by atoms with E-state index >= 15 is 0 Å². The summed E-state index contributed by atoms with van der Waals surface area (Å²) in [5.41, 5.74) is 2.15. The van der Waals surface area contributed by atoms with E-state index in [0.717, 1.165) is 40.6 Å². The molecule has 2 amide bonds. The van der Waals surface area contributed by atoms with Crippen LogP contribution in [0.3, 0.4) is 0 Å². The second-order valence-electron chi connectivity index (χ2n) is 13.7. The molecule has 49 heavy (non-hydrogen) atoms. The Bertz CT molecular complexity index is 1800. The maximum absolute atomic E-state index is 13.9. The second kappa shape index (κ2) is 14.1. The third-order valence-corrected chi connectivity index (χ3v) is 9.50. The van der Waals surface area contributed by atoms with Crippen LogP contribution in [-0.2, 0) is 22.5 Å². The van der Waals surface area contributed by atoms with Crippen LogP contribution in [0.25, 0.3) is 15.6 Å². The van der Waals surface area contributed by atoms with E-state index in [1.165, 1.54) is 4.90 Å². The Morgan fingerprint density at radius 3 is 2.57 bits per heavy atom. The standard InChI is InChI=1S/C36H41ClFN7O4/c1-23(38)33(46)44-18-17-43(20-26(44)19-39-5)32-27-14-16-42(30-13-7-10-24-9-6-12-28(37)31(24)30)21-29(27)40-34(41-32)48-22-25-11-8-15-45(25)35(47)49-36(2,3)4/h6-7,9-10,12-13,25-26H,1,8,11,14-22H2,2-4H3/t25-,26-/m0/s1. The Morgan fingerprint density at radius 2 is 1.84 bits per heavy atom. The molecule has 3 aromatic rings. The third kappa shape index (κ3) is 7.37. The number of benzene rings is 2. The highest BCUT2D eigenvalue weighted by Gasteiger charge is 2.37. The SMILES string of the molecule is [C-]#[N+]C[C@H]1CN(c2nc(OC[C@@H]3CCCN3C(=O)OC(C)(C)C)nc3c2CCN(c2cccc4cccc(Cl)c24)C3)CCN1C(=O)C(=C)F. The molecular weight excluding hydrogens is 649 g/mol. The zero-order valence-electron chi connectivity index (χ0n) is 28.1. The van der Waals surface area contributed by atoms with Crippen LogP contribution in [0.15, 0.2) is 48.8 Å². The number of fused-ring (bicyclic) bond motifs is 2. The van der Waals surface area contributed by atoms with Gasteiger partial charge >= 0.3 is 12.1 Å². The van der Waals surface area contributed by atoms with Crippen molar-refractivity contribution in [3.05, 3.63) is 76.5 Å². The molecule has 0 aliphatic carbocycles. The summed E-state index contributed by atoms with van der Waals surface area (Å²) in [6.45, 7) is 19.1. The lowest BCUT2D eigenvalue weighted by Gasteiger charge is -2.41. The number of hydrogen-bond donors (Lipinski definition) is 0. The van der Waals surface area contributed by atoms with Crippen molar-refractivity contribution in [2.45, 2.75) is 64.3 Å². The number of carbonyl (C=O) groups excluding carboxylic acids is 2. The first-order chi connectivity index (χ1) is 23.4. The molecule has 11 nitrogen and oxygen atoms in total. The smallest absolute Gasteiger partial charge is 0.410 e. The first kappa shape index (κ1) is 34.2. The first-order valence-electron chi connectivity index (χ1n) is 16.6.